The zero-order valence-corrected chi connectivity index (χ0v) is 12.3. The number of ether oxygens (including phenoxy) is 1. The standard InChI is InChI=1S/C17H19N3O2/c21-17(16-2-1-9-19-16)20-14-3-5-15(6-4-14)22-12-13-7-10-18-11-8-13/h3-8,10-11,16,19H,1-2,9,12H2,(H,20,21). The summed E-state index contributed by atoms with van der Waals surface area (Å²) in [7, 11) is 0. The van der Waals surface area contributed by atoms with E-state index in [0.717, 1.165) is 36.4 Å². The Hall–Kier alpha value is -2.40. The number of carbonyl (C=O) groups excluding carboxylic acids is 1. The molecule has 1 atom stereocenters. The van der Waals surface area contributed by atoms with Gasteiger partial charge < -0.3 is 15.4 Å². The molecule has 0 bridgehead atoms. The molecule has 1 fully saturated rings. The number of nitrogens with one attached hydrogen (secondary N) is 2. The van der Waals surface area contributed by atoms with Gasteiger partial charge in [-0.05, 0) is 61.3 Å². The van der Waals surface area contributed by atoms with Crippen LogP contribution in [0.4, 0.5) is 5.69 Å². The first kappa shape index (κ1) is 14.5. The van der Waals surface area contributed by atoms with Gasteiger partial charge in [0.05, 0.1) is 6.04 Å². The summed E-state index contributed by atoms with van der Waals surface area (Å²) in [6.07, 6.45) is 5.45. The van der Waals surface area contributed by atoms with E-state index in [4.69, 9.17) is 4.74 Å². The van der Waals surface area contributed by atoms with Gasteiger partial charge >= 0.3 is 0 Å². The van der Waals surface area contributed by atoms with Crippen LogP contribution in [-0.2, 0) is 11.4 Å². The highest BCUT2D eigenvalue weighted by Crippen LogP contribution is 2.18. The van der Waals surface area contributed by atoms with Crippen molar-refractivity contribution < 1.29 is 9.53 Å². The molecular weight excluding hydrogens is 278 g/mol. The molecule has 0 aliphatic carbocycles. The van der Waals surface area contributed by atoms with Crippen LogP contribution in [0.3, 0.4) is 0 Å². The molecule has 1 aromatic carbocycles. The molecule has 1 unspecified atom stereocenters. The van der Waals surface area contributed by atoms with Crippen LogP contribution in [0.15, 0.2) is 48.8 Å². The van der Waals surface area contributed by atoms with Crippen molar-refractivity contribution in [1.82, 2.24) is 10.3 Å². The van der Waals surface area contributed by atoms with Crippen LogP contribution in [0.25, 0.3) is 0 Å². The maximum Gasteiger partial charge on any atom is 0.241 e. The first-order valence-electron chi connectivity index (χ1n) is 7.47. The van der Waals surface area contributed by atoms with Crippen LogP contribution in [0, 0.1) is 0 Å². The fourth-order valence-electron chi connectivity index (χ4n) is 2.42. The van der Waals surface area contributed by atoms with Gasteiger partial charge in [0.25, 0.3) is 0 Å². The number of hydrogen-bond donors (Lipinski definition) is 2. The van der Waals surface area contributed by atoms with Crippen LogP contribution in [0.1, 0.15) is 18.4 Å². The van der Waals surface area contributed by atoms with Gasteiger partial charge in [-0.3, -0.25) is 9.78 Å². The van der Waals surface area contributed by atoms with Crippen LogP contribution in [0.2, 0.25) is 0 Å². The topological polar surface area (TPSA) is 63.2 Å². The Morgan fingerprint density at radius 3 is 2.68 bits per heavy atom. The molecule has 1 aromatic heterocycles. The van der Waals surface area contributed by atoms with E-state index in [-0.39, 0.29) is 11.9 Å². The average molecular weight is 297 g/mol. The van der Waals surface area contributed by atoms with E-state index in [0.29, 0.717) is 6.61 Å². The van der Waals surface area contributed by atoms with Gasteiger partial charge in [0.15, 0.2) is 0 Å². The van der Waals surface area contributed by atoms with E-state index in [1.54, 1.807) is 12.4 Å². The summed E-state index contributed by atoms with van der Waals surface area (Å²) >= 11 is 0. The minimum Gasteiger partial charge on any atom is -0.489 e. The summed E-state index contributed by atoms with van der Waals surface area (Å²) < 4.78 is 5.70. The quantitative estimate of drug-likeness (QED) is 0.889. The van der Waals surface area contributed by atoms with Crippen LogP contribution >= 0.6 is 0 Å². The van der Waals surface area contributed by atoms with Crippen molar-refractivity contribution in [1.29, 1.82) is 0 Å². The van der Waals surface area contributed by atoms with Gasteiger partial charge in [0.1, 0.15) is 12.4 Å². The highest BCUT2D eigenvalue weighted by atomic mass is 16.5. The van der Waals surface area contributed by atoms with Crippen molar-refractivity contribution in [2.45, 2.75) is 25.5 Å². The van der Waals surface area contributed by atoms with E-state index < -0.39 is 0 Å². The summed E-state index contributed by atoms with van der Waals surface area (Å²) in [5.74, 6) is 0.803. The lowest BCUT2D eigenvalue weighted by Crippen LogP contribution is -2.35. The van der Waals surface area contributed by atoms with Crippen molar-refractivity contribution in [3.8, 4) is 5.75 Å². The molecule has 1 amide bonds. The van der Waals surface area contributed by atoms with Crippen molar-refractivity contribution in [3.63, 3.8) is 0 Å². The van der Waals surface area contributed by atoms with Crippen LogP contribution in [0.5, 0.6) is 5.75 Å². The summed E-state index contributed by atoms with van der Waals surface area (Å²) in [6.45, 7) is 1.42. The number of pyridine rings is 1. The fraction of sp³-hybridized carbons (Fsp3) is 0.294. The second-order valence-electron chi connectivity index (χ2n) is 5.31. The molecule has 1 saturated heterocycles. The fourth-order valence-corrected chi connectivity index (χ4v) is 2.42. The van der Waals surface area contributed by atoms with Gasteiger partial charge in [-0.15, -0.1) is 0 Å². The van der Waals surface area contributed by atoms with Crippen molar-refractivity contribution >= 4 is 11.6 Å². The highest BCUT2D eigenvalue weighted by Gasteiger charge is 2.21. The lowest BCUT2D eigenvalue weighted by molar-refractivity contribution is -0.117. The highest BCUT2D eigenvalue weighted by molar-refractivity contribution is 5.95. The summed E-state index contributed by atoms with van der Waals surface area (Å²) in [6, 6.07) is 11.2. The van der Waals surface area contributed by atoms with E-state index in [1.165, 1.54) is 0 Å². The lowest BCUT2D eigenvalue weighted by atomic mass is 10.2. The second kappa shape index (κ2) is 7.04. The van der Waals surface area contributed by atoms with Gasteiger partial charge in [-0.25, -0.2) is 0 Å². The number of anilines is 1. The Bertz CT molecular complexity index is 608. The Labute approximate surface area is 129 Å². The summed E-state index contributed by atoms with van der Waals surface area (Å²) in [4.78, 5) is 16.0. The van der Waals surface area contributed by atoms with Crippen LogP contribution < -0.4 is 15.4 Å². The Kier molecular flexibility index (Phi) is 4.65. The second-order valence-corrected chi connectivity index (χ2v) is 5.31. The summed E-state index contributed by atoms with van der Waals surface area (Å²) in [5, 5.41) is 6.10. The maximum atomic E-state index is 12.0. The molecule has 1 aliphatic rings. The molecule has 2 aromatic rings. The van der Waals surface area contributed by atoms with Gasteiger partial charge in [-0.1, -0.05) is 0 Å². The van der Waals surface area contributed by atoms with E-state index >= 15 is 0 Å². The molecule has 3 rings (SSSR count). The maximum absolute atomic E-state index is 12.0. The third-order valence-electron chi connectivity index (χ3n) is 3.65. The van der Waals surface area contributed by atoms with E-state index in [1.807, 2.05) is 36.4 Å². The van der Waals surface area contributed by atoms with Crippen LogP contribution in [-0.4, -0.2) is 23.5 Å². The van der Waals surface area contributed by atoms with Crippen molar-refractivity contribution in [2.75, 3.05) is 11.9 Å². The number of benzene rings is 1. The Balaban J connectivity index is 1.52. The molecule has 2 N–H and O–H groups in total. The molecule has 5 nitrogen and oxygen atoms in total. The number of carbonyl (C=O) groups is 1. The van der Waals surface area contributed by atoms with Crippen molar-refractivity contribution in [3.05, 3.63) is 54.4 Å². The molecular formula is C17H19N3O2. The molecule has 5 heteroatoms. The smallest absolute Gasteiger partial charge is 0.241 e. The van der Waals surface area contributed by atoms with Gasteiger partial charge in [-0.2, -0.15) is 0 Å². The molecule has 114 valence electrons. The SMILES string of the molecule is O=C(Nc1ccc(OCc2ccncc2)cc1)C1CCCN1. The Morgan fingerprint density at radius 1 is 1.23 bits per heavy atom. The normalized spacial score (nSPS) is 17.2. The number of amides is 1. The van der Waals surface area contributed by atoms with Gasteiger partial charge in [0.2, 0.25) is 5.91 Å². The molecule has 0 spiro atoms. The molecule has 0 radical (unpaired) electrons. The molecule has 0 saturated carbocycles. The predicted molar refractivity (Wildman–Crippen MR) is 84.7 cm³/mol. The minimum absolute atomic E-state index is 0.0305. The molecule has 1 aliphatic heterocycles. The monoisotopic (exact) mass is 297 g/mol. The third kappa shape index (κ3) is 3.83. The third-order valence-corrected chi connectivity index (χ3v) is 3.65. The molecule has 22 heavy (non-hydrogen) atoms. The molecule has 2 heterocycles. The van der Waals surface area contributed by atoms with Crippen molar-refractivity contribution in [2.24, 2.45) is 0 Å². The van der Waals surface area contributed by atoms with E-state index in [2.05, 4.69) is 15.6 Å². The zero-order valence-electron chi connectivity index (χ0n) is 12.3. The lowest BCUT2D eigenvalue weighted by Gasteiger charge is -2.12. The van der Waals surface area contributed by atoms with E-state index in [9.17, 15) is 4.79 Å². The first-order chi connectivity index (χ1) is 10.8. The number of hydrogen-bond acceptors (Lipinski definition) is 4. The number of rotatable bonds is 5. The predicted octanol–water partition coefficient (Wildman–Crippen LogP) is 2.35. The van der Waals surface area contributed by atoms with Gasteiger partial charge in [0, 0.05) is 18.1 Å². The zero-order chi connectivity index (χ0) is 15.2. The Morgan fingerprint density at radius 2 is 2.00 bits per heavy atom. The number of aromatic nitrogens is 1. The first-order valence-corrected chi connectivity index (χ1v) is 7.47. The minimum atomic E-state index is -0.0670. The number of nitrogens with zero attached hydrogens (tertiary/aromatic N) is 1. The average Bonchev–Trinajstić information content (AvgIpc) is 3.10. The largest absolute Gasteiger partial charge is 0.489 e. The summed E-state index contributed by atoms with van der Waals surface area (Å²) in [5.41, 5.74) is 1.86.